The highest BCUT2D eigenvalue weighted by molar-refractivity contribution is 5.10. The zero-order valence-corrected chi connectivity index (χ0v) is 9.47. The minimum absolute atomic E-state index is 0.0547. The summed E-state index contributed by atoms with van der Waals surface area (Å²) >= 11 is 0. The molecule has 0 saturated heterocycles. The first-order chi connectivity index (χ1) is 7.86. The van der Waals surface area contributed by atoms with Gasteiger partial charge < -0.3 is 14.7 Å². The van der Waals surface area contributed by atoms with Crippen LogP contribution in [0, 0.1) is 0 Å². The van der Waals surface area contributed by atoms with Crippen molar-refractivity contribution in [1.82, 2.24) is 9.55 Å². The summed E-state index contributed by atoms with van der Waals surface area (Å²) in [6.45, 7) is 2.66. The fraction of sp³-hybridized carbons (Fsp3) is 0.417. The lowest BCUT2D eigenvalue weighted by Gasteiger charge is -2.16. The van der Waals surface area contributed by atoms with Crippen LogP contribution < -0.4 is 5.73 Å². The van der Waals surface area contributed by atoms with Crippen LogP contribution >= 0.6 is 0 Å². The summed E-state index contributed by atoms with van der Waals surface area (Å²) in [6, 6.07) is 3.89. The molecule has 2 heterocycles. The number of aromatic nitrogens is 2. The van der Waals surface area contributed by atoms with E-state index in [9.17, 15) is 0 Å². The van der Waals surface area contributed by atoms with E-state index in [0.29, 0.717) is 6.54 Å². The molecule has 0 bridgehead atoms. The highest BCUT2D eigenvalue weighted by Crippen LogP contribution is 2.19. The molecule has 1 unspecified atom stereocenters. The lowest BCUT2D eigenvalue weighted by Crippen LogP contribution is -2.21. The van der Waals surface area contributed by atoms with Gasteiger partial charge in [-0.05, 0) is 18.6 Å². The van der Waals surface area contributed by atoms with Crippen molar-refractivity contribution in [2.75, 3.05) is 6.54 Å². The maximum absolute atomic E-state index is 5.81. The fourth-order valence-corrected chi connectivity index (χ4v) is 1.89. The van der Waals surface area contributed by atoms with E-state index in [1.807, 2.05) is 24.5 Å². The first kappa shape index (κ1) is 11.0. The second-order valence-electron chi connectivity index (χ2n) is 3.77. The Morgan fingerprint density at radius 1 is 1.56 bits per heavy atom. The van der Waals surface area contributed by atoms with Gasteiger partial charge in [-0.25, -0.2) is 4.98 Å². The van der Waals surface area contributed by atoms with Gasteiger partial charge in [0.2, 0.25) is 0 Å². The Balaban J connectivity index is 2.30. The number of hydrogen-bond acceptors (Lipinski definition) is 3. The number of nitrogens with two attached hydrogens (primary N) is 1. The van der Waals surface area contributed by atoms with Crippen LogP contribution in [0.4, 0.5) is 0 Å². The first-order valence-electron chi connectivity index (χ1n) is 5.62. The molecule has 4 nitrogen and oxygen atoms in total. The van der Waals surface area contributed by atoms with Crippen LogP contribution in [-0.4, -0.2) is 16.1 Å². The third-order valence-corrected chi connectivity index (χ3v) is 2.65. The molecular formula is C12H17N3O. The number of furan rings is 1. The highest BCUT2D eigenvalue weighted by Gasteiger charge is 2.17. The molecule has 2 N–H and O–H groups in total. The van der Waals surface area contributed by atoms with Crippen LogP contribution in [-0.2, 0) is 6.42 Å². The van der Waals surface area contributed by atoms with Crippen LogP contribution in [0.2, 0.25) is 0 Å². The topological polar surface area (TPSA) is 57.0 Å². The molecule has 2 rings (SSSR count). The molecular weight excluding hydrogens is 202 g/mol. The van der Waals surface area contributed by atoms with Gasteiger partial charge in [0, 0.05) is 25.4 Å². The fourth-order valence-electron chi connectivity index (χ4n) is 1.89. The second kappa shape index (κ2) is 4.99. The Hall–Kier alpha value is -1.55. The summed E-state index contributed by atoms with van der Waals surface area (Å²) in [5, 5.41) is 0. The van der Waals surface area contributed by atoms with Crippen molar-refractivity contribution >= 4 is 0 Å². The molecule has 0 aromatic carbocycles. The van der Waals surface area contributed by atoms with Gasteiger partial charge in [-0.1, -0.05) is 6.92 Å². The third-order valence-electron chi connectivity index (χ3n) is 2.65. The SMILES string of the molecule is CCCc1nccn1C(CN)c1ccco1. The zero-order chi connectivity index (χ0) is 11.4. The average molecular weight is 219 g/mol. The summed E-state index contributed by atoms with van der Waals surface area (Å²) in [5.41, 5.74) is 5.81. The molecule has 0 amide bonds. The molecule has 0 aliphatic carbocycles. The monoisotopic (exact) mass is 219 g/mol. The van der Waals surface area contributed by atoms with E-state index >= 15 is 0 Å². The lowest BCUT2D eigenvalue weighted by molar-refractivity contribution is 0.424. The Labute approximate surface area is 95.1 Å². The molecule has 0 aliphatic heterocycles. The van der Waals surface area contributed by atoms with Crippen LogP contribution in [0.5, 0.6) is 0 Å². The lowest BCUT2D eigenvalue weighted by atomic mass is 10.2. The van der Waals surface area contributed by atoms with Crippen molar-refractivity contribution in [3.8, 4) is 0 Å². The molecule has 2 aromatic rings. The first-order valence-corrected chi connectivity index (χ1v) is 5.62. The zero-order valence-electron chi connectivity index (χ0n) is 9.47. The minimum Gasteiger partial charge on any atom is -0.467 e. The molecule has 16 heavy (non-hydrogen) atoms. The molecule has 86 valence electrons. The van der Waals surface area contributed by atoms with Crippen LogP contribution in [0.25, 0.3) is 0 Å². The maximum Gasteiger partial charge on any atom is 0.127 e. The van der Waals surface area contributed by atoms with Gasteiger partial charge in [-0.3, -0.25) is 0 Å². The van der Waals surface area contributed by atoms with Gasteiger partial charge >= 0.3 is 0 Å². The number of hydrogen-bond donors (Lipinski definition) is 1. The van der Waals surface area contributed by atoms with Gasteiger partial charge in [0.25, 0.3) is 0 Å². The van der Waals surface area contributed by atoms with Crippen molar-refractivity contribution < 1.29 is 4.42 Å². The smallest absolute Gasteiger partial charge is 0.127 e. The second-order valence-corrected chi connectivity index (χ2v) is 3.77. The number of rotatable bonds is 5. The number of nitrogens with zero attached hydrogens (tertiary/aromatic N) is 2. The van der Waals surface area contributed by atoms with Crippen molar-refractivity contribution in [3.63, 3.8) is 0 Å². The quantitative estimate of drug-likeness (QED) is 0.836. The Morgan fingerprint density at radius 2 is 2.44 bits per heavy atom. The minimum atomic E-state index is 0.0547. The van der Waals surface area contributed by atoms with Gasteiger partial charge in [0.1, 0.15) is 17.6 Å². The largest absolute Gasteiger partial charge is 0.467 e. The van der Waals surface area contributed by atoms with Crippen LogP contribution in [0.3, 0.4) is 0 Å². The van der Waals surface area contributed by atoms with Crippen molar-refractivity contribution in [2.45, 2.75) is 25.8 Å². The van der Waals surface area contributed by atoms with E-state index < -0.39 is 0 Å². The molecule has 1 atom stereocenters. The standard InChI is InChI=1S/C12H17N3O/c1-2-4-12-14-6-7-15(12)10(9-13)11-5-3-8-16-11/h3,5-8,10H,2,4,9,13H2,1H3. The Morgan fingerprint density at radius 3 is 3.06 bits per heavy atom. The third kappa shape index (κ3) is 2.02. The normalized spacial score (nSPS) is 12.9. The van der Waals surface area contributed by atoms with Crippen LogP contribution in [0.1, 0.15) is 31.0 Å². The summed E-state index contributed by atoms with van der Waals surface area (Å²) in [6.07, 6.45) is 7.49. The van der Waals surface area contributed by atoms with Gasteiger partial charge in [-0.15, -0.1) is 0 Å². The summed E-state index contributed by atoms with van der Waals surface area (Å²) in [5.74, 6) is 1.95. The van der Waals surface area contributed by atoms with Crippen molar-refractivity contribution in [3.05, 3.63) is 42.4 Å². The average Bonchev–Trinajstić information content (AvgIpc) is 2.92. The van der Waals surface area contributed by atoms with Crippen molar-refractivity contribution in [2.24, 2.45) is 5.73 Å². The highest BCUT2D eigenvalue weighted by atomic mass is 16.3. The van der Waals surface area contributed by atoms with Gasteiger partial charge in [0.15, 0.2) is 0 Å². The Bertz CT molecular complexity index is 419. The summed E-state index contributed by atoms with van der Waals surface area (Å²) in [4.78, 5) is 4.35. The molecule has 0 aliphatic rings. The molecule has 4 heteroatoms. The summed E-state index contributed by atoms with van der Waals surface area (Å²) < 4.78 is 7.51. The van der Waals surface area contributed by atoms with E-state index in [0.717, 1.165) is 24.4 Å². The van der Waals surface area contributed by atoms with E-state index in [-0.39, 0.29) is 6.04 Å². The molecule has 2 aromatic heterocycles. The maximum atomic E-state index is 5.81. The van der Waals surface area contributed by atoms with E-state index in [4.69, 9.17) is 10.2 Å². The van der Waals surface area contributed by atoms with E-state index in [2.05, 4.69) is 16.5 Å². The Kier molecular flexibility index (Phi) is 3.41. The molecule has 0 fully saturated rings. The summed E-state index contributed by atoms with van der Waals surface area (Å²) in [7, 11) is 0. The molecule has 0 radical (unpaired) electrons. The van der Waals surface area contributed by atoms with Gasteiger partial charge in [-0.2, -0.15) is 0 Å². The van der Waals surface area contributed by atoms with Crippen molar-refractivity contribution in [1.29, 1.82) is 0 Å². The number of imidazole rings is 1. The van der Waals surface area contributed by atoms with E-state index in [1.165, 1.54) is 0 Å². The number of aryl methyl sites for hydroxylation is 1. The molecule has 0 saturated carbocycles. The van der Waals surface area contributed by atoms with Gasteiger partial charge in [0.05, 0.1) is 6.26 Å². The predicted octanol–water partition coefficient (Wildman–Crippen LogP) is 1.98. The van der Waals surface area contributed by atoms with E-state index in [1.54, 1.807) is 6.26 Å². The molecule has 0 spiro atoms. The predicted molar refractivity (Wildman–Crippen MR) is 62.1 cm³/mol. The van der Waals surface area contributed by atoms with Crippen LogP contribution in [0.15, 0.2) is 35.2 Å².